The number of carbonyl (C=O) groups excluding carboxylic acids is 2. The van der Waals surface area contributed by atoms with Crippen LogP contribution in [0.3, 0.4) is 0 Å². The van der Waals surface area contributed by atoms with Gasteiger partial charge in [0.15, 0.2) is 15.6 Å². The molecule has 220 valence electrons. The van der Waals surface area contributed by atoms with Crippen molar-refractivity contribution in [1.29, 1.82) is 0 Å². The van der Waals surface area contributed by atoms with Crippen LogP contribution in [0.2, 0.25) is 0 Å². The van der Waals surface area contributed by atoms with Gasteiger partial charge in [-0.25, -0.2) is 13.4 Å². The molecule has 4 aromatic rings. The molecular weight excluding hydrogens is 561 g/mol. The molecule has 2 saturated heterocycles. The molecule has 0 spiro atoms. The number of anilines is 1. The molecule has 43 heavy (non-hydrogen) atoms. The van der Waals surface area contributed by atoms with Crippen molar-refractivity contribution in [3.8, 4) is 22.4 Å². The summed E-state index contributed by atoms with van der Waals surface area (Å²) in [4.78, 5) is 36.9. The lowest BCUT2D eigenvalue weighted by Gasteiger charge is -2.26. The average molecular weight is 596 g/mol. The minimum atomic E-state index is -2.89. The third kappa shape index (κ3) is 6.73. The van der Waals surface area contributed by atoms with Gasteiger partial charge in [0.25, 0.3) is 5.91 Å². The van der Waals surface area contributed by atoms with Gasteiger partial charge in [-0.2, -0.15) is 0 Å². The highest BCUT2D eigenvalue weighted by molar-refractivity contribution is 7.91. The Morgan fingerprint density at radius 2 is 1.51 bits per heavy atom. The lowest BCUT2D eigenvalue weighted by atomic mass is 10.0. The first kappa shape index (κ1) is 28.9. The van der Waals surface area contributed by atoms with Crippen LogP contribution in [-0.2, 0) is 16.4 Å². The van der Waals surface area contributed by atoms with Gasteiger partial charge in [-0.05, 0) is 53.8 Å². The Kier molecular flexibility index (Phi) is 8.18. The SMILES string of the molecule is BC(=O)N1CCC[C@H]1c1nc(-c2ccc(-c3ccc(C(=O)Nc4ccc(CN5CCS(=O)(=O)CC5)cc4)cc3)cc2)c[nH]1. The van der Waals surface area contributed by atoms with Crippen molar-refractivity contribution < 1.29 is 18.0 Å². The molecule has 9 nitrogen and oxygen atoms in total. The second kappa shape index (κ2) is 12.2. The second-order valence-electron chi connectivity index (χ2n) is 11.3. The average Bonchev–Trinajstić information content (AvgIpc) is 3.70. The summed E-state index contributed by atoms with van der Waals surface area (Å²) < 4.78 is 23.3. The minimum Gasteiger partial charge on any atom is -0.346 e. The van der Waals surface area contributed by atoms with Gasteiger partial charge >= 0.3 is 0 Å². The summed E-state index contributed by atoms with van der Waals surface area (Å²) in [6.45, 7) is 2.56. The highest BCUT2D eigenvalue weighted by atomic mass is 32.2. The van der Waals surface area contributed by atoms with E-state index >= 15 is 0 Å². The van der Waals surface area contributed by atoms with Gasteiger partial charge < -0.3 is 15.2 Å². The van der Waals surface area contributed by atoms with Crippen LogP contribution in [0.25, 0.3) is 22.4 Å². The van der Waals surface area contributed by atoms with E-state index in [4.69, 9.17) is 4.98 Å². The lowest BCUT2D eigenvalue weighted by molar-refractivity contribution is 0.102. The molecule has 11 heteroatoms. The Morgan fingerprint density at radius 1 is 0.884 bits per heavy atom. The van der Waals surface area contributed by atoms with Crippen molar-refractivity contribution in [1.82, 2.24) is 19.8 Å². The summed E-state index contributed by atoms with van der Waals surface area (Å²) in [7, 11) is -1.29. The maximum atomic E-state index is 12.9. The van der Waals surface area contributed by atoms with Crippen LogP contribution in [0, 0.1) is 0 Å². The maximum Gasteiger partial charge on any atom is 0.255 e. The van der Waals surface area contributed by atoms with E-state index in [1.165, 1.54) is 0 Å². The predicted octanol–water partition coefficient (Wildman–Crippen LogP) is 4.12. The monoisotopic (exact) mass is 595 g/mol. The molecule has 3 aromatic carbocycles. The molecule has 2 aliphatic heterocycles. The molecule has 0 aliphatic carbocycles. The number of carbonyl (C=O) groups is 2. The molecule has 0 radical (unpaired) electrons. The summed E-state index contributed by atoms with van der Waals surface area (Å²) in [6, 6.07) is 23.3. The fraction of sp³-hybridized carbons (Fsp3) is 0.281. The van der Waals surface area contributed by atoms with Gasteiger partial charge in [-0.1, -0.05) is 48.5 Å². The van der Waals surface area contributed by atoms with E-state index in [9.17, 15) is 18.0 Å². The van der Waals surface area contributed by atoms with Crippen molar-refractivity contribution in [2.75, 3.05) is 36.5 Å². The summed E-state index contributed by atoms with van der Waals surface area (Å²) >= 11 is 0. The Balaban J connectivity index is 1.05. The van der Waals surface area contributed by atoms with E-state index in [1.807, 2.05) is 83.9 Å². The molecule has 2 aliphatic rings. The van der Waals surface area contributed by atoms with E-state index in [-0.39, 0.29) is 29.3 Å². The topological polar surface area (TPSA) is 115 Å². The van der Waals surface area contributed by atoms with Crippen LogP contribution in [0.4, 0.5) is 10.5 Å². The van der Waals surface area contributed by atoms with Gasteiger partial charge in [-0.3, -0.25) is 14.5 Å². The molecule has 1 aromatic heterocycles. The number of H-pyrrole nitrogens is 1. The number of hydrogen-bond donors (Lipinski definition) is 2. The predicted molar refractivity (Wildman–Crippen MR) is 170 cm³/mol. The standard InChI is InChI=1S/C32H34BN5O4S/c33-32(40)38-15-1-2-29(38)30-34-20-28(36-30)25-9-5-23(6-10-25)24-7-11-26(12-8-24)31(39)35-27-13-3-22(4-14-27)21-37-16-18-43(41,42)19-17-37/h3-14,20,29H,1-2,15-19,21,33H2,(H,34,36)(H,35,39)/t29-/m0/s1. The smallest absolute Gasteiger partial charge is 0.255 e. The van der Waals surface area contributed by atoms with E-state index in [1.54, 1.807) is 7.85 Å². The molecule has 6 rings (SSSR count). The third-order valence-electron chi connectivity index (χ3n) is 8.29. The molecule has 0 saturated carbocycles. The summed E-state index contributed by atoms with van der Waals surface area (Å²) in [5.74, 6) is 1.14. The number of nitrogens with zero attached hydrogens (tertiary/aromatic N) is 3. The van der Waals surface area contributed by atoms with Gasteiger partial charge in [0, 0.05) is 49.2 Å². The fourth-order valence-electron chi connectivity index (χ4n) is 5.79. The number of benzene rings is 3. The Morgan fingerprint density at radius 3 is 2.16 bits per heavy atom. The second-order valence-corrected chi connectivity index (χ2v) is 13.6. The van der Waals surface area contributed by atoms with Crippen LogP contribution in [0.5, 0.6) is 0 Å². The number of aromatic nitrogens is 2. The first-order chi connectivity index (χ1) is 20.7. The van der Waals surface area contributed by atoms with Gasteiger partial charge in [0.2, 0.25) is 7.85 Å². The molecule has 2 fully saturated rings. The molecule has 1 atom stereocenters. The number of imidazole rings is 1. The zero-order valence-corrected chi connectivity index (χ0v) is 24.9. The number of aromatic amines is 1. The highest BCUT2D eigenvalue weighted by Gasteiger charge is 2.29. The van der Waals surface area contributed by atoms with E-state index in [0.29, 0.717) is 30.9 Å². The number of nitrogens with one attached hydrogen (secondary N) is 2. The fourth-order valence-corrected chi connectivity index (χ4v) is 7.07. The Bertz CT molecular complexity index is 1710. The maximum absolute atomic E-state index is 12.9. The van der Waals surface area contributed by atoms with Crippen LogP contribution >= 0.6 is 0 Å². The summed E-state index contributed by atoms with van der Waals surface area (Å²) in [5.41, 5.74) is 6.22. The molecule has 0 bridgehead atoms. The van der Waals surface area contributed by atoms with E-state index < -0.39 is 9.84 Å². The van der Waals surface area contributed by atoms with Crippen molar-refractivity contribution in [3.63, 3.8) is 0 Å². The Labute approximate surface area is 252 Å². The van der Waals surface area contributed by atoms with Crippen LogP contribution in [0.1, 0.15) is 40.6 Å². The summed E-state index contributed by atoms with van der Waals surface area (Å²) in [6.07, 6.45) is 3.80. The number of amides is 2. The lowest BCUT2D eigenvalue weighted by Crippen LogP contribution is -2.39. The molecule has 2 amide bonds. The van der Waals surface area contributed by atoms with Crippen molar-refractivity contribution >= 4 is 35.1 Å². The van der Waals surface area contributed by atoms with Gasteiger partial charge in [0.1, 0.15) is 5.82 Å². The quantitative estimate of drug-likeness (QED) is 0.311. The highest BCUT2D eigenvalue weighted by Crippen LogP contribution is 2.32. The van der Waals surface area contributed by atoms with Crippen molar-refractivity contribution in [3.05, 3.63) is 95.9 Å². The Hall–Kier alpha value is -4.22. The van der Waals surface area contributed by atoms with Crippen molar-refractivity contribution in [2.24, 2.45) is 0 Å². The molecule has 2 N–H and O–H groups in total. The van der Waals surface area contributed by atoms with Gasteiger partial charge in [-0.15, -0.1) is 0 Å². The normalized spacial score (nSPS) is 18.4. The van der Waals surface area contributed by atoms with Crippen LogP contribution in [0.15, 0.2) is 79.0 Å². The van der Waals surface area contributed by atoms with Crippen LogP contribution < -0.4 is 5.32 Å². The zero-order chi connectivity index (χ0) is 30.0. The number of sulfone groups is 1. The third-order valence-corrected chi connectivity index (χ3v) is 9.90. The largest absolute Gasteiger partial charge is 0.346 e. The first-order valence-electron chi connectivity index (χ1n) is 14.6. The minimum absolute atomic E-state index is 0.00924. The van der Waals surface area contributed by atoms with Crippen LogP contribution in [-0.4, -0.2) is 78.9 Å². The van der Waals surface area contributed by atoms with E-state index in [0.717, 1.165) is 53.2 Å². The number of hydrogen-bond acceptors (Lipinski definition) is 6. The van der Waals surface area contributed by atoms with E-state index in [2.05, 4.69) is 15.2 Å². The number of rotatable bonds is 7. The molecule has 3 heterocycles. The molecule has 0 unspecified atom stereocenters. The first-order valence-corrected chi connectivity index (χ1v) is 16.4. The zero-order valence-electron chi connectivity index (χ0n) is 24.1. The number of likely N-dealkylation sites (tertiary alicyclic amines) is 1. The van der Waals surface area contributed by atoms with Gasteiger partial charge in [0.05, 0.1) is 23.2 Å². The summed E-state index contributed by atoms with van der Waals surface area (Å²) in [5, 5.41) is 2.95. The van der Waals surface area contributed by atoms with Crippen molar-refractivity contribution in [2.45, 2.75) is 25.4 Å². The molecular formula is C32H34BN5O4S.